The average molecular weight is 149 g/mol. The second-order valence-corrected chi connectivity index (χ2v) is 1.96. The highest BCUT2D eigenvalue weighted by atomic mass is 16.0. The van der Waals surface area contributed by atoms with Crippen molar-refractivity contribution in [2.45, 2.75) is 40.5 Å². The quantitative estimate of drug-likeness (QED) is 0.650. The van der Waals surface area contributed by atoms with Gasteiger partial charge < -0.3 is 10.8 Å². The summed E-state index contributed by atoms with van der Waals surface area (Å²) in [6, 6.07) is 0. The first kappa shape index (κ1) is 16.5. The molecule has 2 nitrogen and oxygen atoms in total. The summed E-state index contributed by atoms with van der Waals surface area (Å²) >= 11 is 0. The van der Waals surface area contributed by atoms with E-state index in [1.807, 2.05) is 0 Å². The number of hydrogen-bond donors (Lipinski definition) is 1. The Balaban J connectivity index is -0.0000000910. The van der Waals surface area contributed by atoms with E-state index < -0.39 is 0 Å². The predicted molar refractivity (Wildman–Crippen MR) is 48.4 cm³/mol. The van der Waals surface area contributed by atoms with Crippen LogP contribution in [0.15, 0.2) is 0 Å². The Bertz CT molecular complexity index is 28.4. The summed E-state index contributed by atoms with van der Waals surface area (Å²) in [6.45, 7) is 10.8. The Morgan fingerprint density at radius 1 is 0.800 bits per heavy atom. The fraction of sp³-hybridized carbons (Fsp3) is 1.00. The predicted octanol–water partition coefficient (Wildman–Crippen LogP) is 1.60. The molecule has 0 aromatic heterocycles. The minimum Gasteiger partial charge on any atom is -0.412 e. The van der Waals surface area contributed by atoms with Gasteiger partial charge in [-0.25, -0.2) is 0 Å². The van der Waals surface area contributed by atoms with E-state index in [1.54, 1.807) is 0 Å². The summed E-state index contributed by atoms with van der Waals surface area (Å²) in [4.78, 5) is 0. The van der Waals surface area contributed by atoms with Gasteiger partial charge in [0.15, 0.2) is 0 Å². The van der Waals surface area contributed by atoms with Crippen molar-refractivity contribution in [1.82, 2.24) is 5.32 Å². The van der Waals surface area contributed by atoms with Gasteiger partial charge >= 0.3 is 0 Å². The lowest BCUT2D eigenvalue weighted by molar-refractivity contribution is 0.762. The second-order valence-electron chi connectivity index (χ2n) is 1.96. The number of nitrogens with one attached hydrogen (secondary N) is 1. The van der Waals surface area contributed by atoms with E-state index in [4.69, 9.17) is 0 Å². The molecule has 0 aliphatic heterocycles. The molecule has 0 radical (unpaired) electrons. The summed E-state index contributed by atoms with van der Waals surface area (Å²) in [5, 5.41) is 3.11. The van der Waals surface area contributed by atoms with Gasteiger partial charge in [-0.2, -0.15) is 0 Å². The lowest BCUT2D eigenvalue weighted by Gasteiger charge is -1.86. The van der Waals surface area contributed by atoms with Gasteiger partial charge in [-0.1, -0.05) is 40.5 Å². The van der Waals surface area contributed by atoms with Crippen LogP contribution in [0.1, 0.15) is 40.5 Å². The summed E-state index contributed by atoms with van der Waals surface area (Å²) in [7, 11) is 0. The Morgan fingerprint density at radius 3 is 1.10 bits per heavy atom. The van der Waals surface area contributed by atoms with Crippen LogP contribution >= 0.6 is 0 Å². The molecule has 66 valence electrons. The summed E-state index contributed by atoms with van der Waals surface area (Å²) < 4.78 is 0. The van der Waals surface area contributed by atoms with Gasteiger partial charge in [0.2, 0.25) is 0 Å². The van der Waals surface area contributed by atoms with Crippen LogP contribution in [0.3, 0.4) is 0 Å². The largest absolute Gasteiger partial charge is 0.412 e. The molecule has 3 N–H and O–H groups in total. The molecule has 0 rings (SSSR count). The molecule has 0 unspecified atom stereocenters. The van der Waals surface area contributed by atoms with E-state index in [0.29, 0.717) is 0 Å². The number of unbranched alkanes of at least 4 members (excludes halogenated alkanes) is 1. The van der Waals surface area contributed by atoms with E-state index >= 15 is 0 Å². The highest BCUT2D eigenvalue weighted by molar-refractivity contribution is 4.27. The Labute approximate surface area is 65.3 Å². The molecule has 0 aliphatic rings. The number of hydrogen-bond acceptors (Lipinski definition) is 1. The van der Waals surface area contributed by atoms with Crippen LogP contribution < -0.4 is 5.32 Å². The van der Waals surface area contributed by atoms with Crippen LogP contribution in [0.4, 0.5) is 0 Å². The molecule has 0 aliphatic carbocycles. The molecular formula is C8H23NO. The molecule has 0 amide bonds. The van der Waals surface area contributed by atoms with E-state index in [1.165, 1.54) is 12.8 Å². The second kappa shape index (κ2) is 23.1. The Morgan fingerprint density at radius 2 is 1.10 bits per heavy atom. The molecule has 0 spiro atoms. The Hall–Kier alpha value is -0.0800. The van der Waals surface area contributed by atoms with Gasteiger partial charge in [0.25, 0.3) is 0 Å². The molecular weight excluding hydrogens is 126 g/mol. The topological polar surface area (TPSA) is 43.5 Å². The molecule has 0 saturated heterocycles. The monoisotopic (exact) mass is 149 g/mol. The first-order valence-corrected chi connectivity index (χ1v) is 4.04. The van der Waals surface area contributed by atoms with Crippen LogP contribution in [-0.2, 0) is 0 Å². The molecule has 0 aromatic carbocycles. The standard InChI is InChI=1S/C4H11N.C4H10.H2O/c1-3-5-4-2;1-3-4-2;/h5H,3-4H2,1-2H3;3-4H2,1-2H3;1H2. The summed E-state index contributed by atoms with van der Waals surface area (Å²) in [5.74, 6) is 0. The molecule has 0 heterocycles. The zero-order chi connectivity index (χ0) is 7.54. The fourth-order valence-electron chi connectivity index (χ4n) is 0.250. The van der Waals surface area contributed by atoms with Crippen molar-refractivity contribution in [3.05, 3.63) is 0 Å². The van der Waals surface area contributed by atoms with Crippen molar-refractivity contribution in [2.75, 3.05) is 13.1 Å². The third-order valence-electron chi connectivity index (χ3n) is 1.000. The van der Waals surface area contributed by atoms with E-state index in [-0.39, 0.29) is 5.48 Å². The van der Waals surface area contributed by atoms with E-state index in [9.17, 15) is 0 Å². The van der Waals surface area contributed by atoms with Gasteiger partial charge in [0.1, 0.15) is 0 Å². The highest BCUT2D eigenvalue weighted by Gasteiger charge is 1.62. The number of rotatable bonds is 3. The van der Waals surface area contributed by atoms with Crippen LogP contribution in [0.2, 0.25) is 0 Å². The van der Waals surface area contributed by atoms with Crippen molar-refractivity contribution in [1.29, 1.82) is 0 Å². The maximum Gasteiger partial charge on any atom is -0.00775 e. The summed E-state index contributed by atoms with van der Waals surface area (Å²) in [6.07, 6.45) is 2.64. The smallest absolute Gasteiger partial charge is 0.00775 e. The van der Waals surface area contributed by atoms with Crippen LogP contribution in [0.25, 0.3) is 0 Å². The average Bonchev–Trinajstić information content (AvgIpc) is 1.91. The van der Waals surface area contributed by atoms with Gasteiger partial charge in [0.05, 0.1) is 0 Å². The van der Waals surface area contributed by atoms with E-state index in [2.05, 4.69) is 33.0 Å². The lowest BCUT2D eigenvalue weighted by atomic mass is 10.4. The molecule has 0 atom stereocenters. The third-order valence-corrected chi connectivity index (χ3v) is 1.000. The van der Waals surface area contributed by atoms with Gasteiger partial charge in [-0.3, -0.25) is 0 Å². The summed E-state index contributed by atoms with van der Waals surface area (Å²) in [5.41, 5.74) is 0. The van der Waals surface area contributed by atoms with Crippen LogP contribution in [0.5, 0.6) is 0 Å². The molecule has 0 fully saturated rings. The molecule has 10 heavy (non-hydrogen) atoms. The Kier molecular flexibility index (Phi) is 38.1. The third kappa shape index (κ3) is 44.5. The fourth-order valence-corrected chi connectivity index (χ4v) is 0.250. The van der Waals surface area contributed by atoms with Gasteiger partial charge in [0, 0.05) is 0 Å². The zero-order valence-corrected chi connectivity index (χ0v) is 7.83. The SMILES string of the molecule is CCCC.CCNCC.O. The first-order valence-electron chi connectivity index (χ1n) is 4.04. The van der Waals surface area contributed by atoms with Crippen molar-refractivity contribution in [3.63, 3.8) is 0 Å². The highest BCUT2D eigenvalue weighted by Crippen LogP contribution is 1.76. The normalized spacial score (nSPS) is 7.20. The molecule has 0 aromatic rings. The van der Waals surface area contributed by atoms with Crippen molar-refractivity contribution in [3.8, 4) is 0 Å². The van der Waals surface area contributed by atoms with Crippen LogP contribution in [0, 0.1) is 0 Å². The molecule has 0 bridgehead atoms. The van der Waals surface area contributed by atoms with Crippen molar-refractivity contribution in [2.24, 2.45) is 0 Å². The maximum absolute atomic E-state index is 3.11. The molecule has 2 heteroatoms. The van der Waals surface area contributed by atoms with Gasteiger partial charge in [-0.05, 0) is 13.1 Å². The minimum absolute atomic E-state index is 0. The zero-order valence-electron chi connectivity index (χ0n) is 7.83. The van der Waals surface area contributed by atoms with Crippen molar-refractivity contribution >= 4 is 0 Å². The molecule has 0 saturated carbocycles. The minimum atomic E-state index is 0. The van der Waals surface area contributed by atoms with Crippen molar-refractivity contribution < 1.29 is 5.48 Å². The van der Waals surface area contributed by atoms with E-state index in [0.717, 1.165) is 13.1 Å². The first-order chi connectivity index (χ1) is 4.33. The van der Waals surface area contributed by atoms with Crippen LogP contribution in [-0.4, -0.2) is 18.6 Å². The van der Waals surface area contributed by atoms with Gasteiger partial charge in [-0.15, -0.1) is 0 Å². The lowest BCUT2D eigenvalue weighted by Crippen LogP contribution is -2.09. The maximum atomic E-state index is 3.11.